The molecule has 9 heteroatoms. The molecule has 8 nitrogen and oxygen atoms in total. The first-order valence-corrected chi connectivity index (χ1v) is 14.1. The molecule has 1 unspecified atom stereocenters. The van der Waals surface area contributed by atoms with E-state index in [0.29, 0.717) is 37.7 Å². The van der Waals surface area contributed by atoms with Crippen LogP contribution in [0.2, 0.25) is 0 Å². The standard InChI is InChI=1S/C27H41N3O5S/c1-17-6-8-18(9-7-17)23(31)30(20-14-21(26(2,3)4)36-22(20)24(32)33)19-10-13-29(15-19)25(34)35-27(5)11-12-28-16-27/h14,17-19,28H,6-13,15-16H2,1-5H3,(H,32,33)/t17-,18-,19-,27?/m0/s1. The molecule has 2 atom stereocenters. The third kappa shape index (κ3) is 5.72. The largest absolute Gasteiger partial charge is 0.477 e. The lowest BCUT2D eigenvalue weighted by atomic mass is 9.82. The normalized spacial score (nSPS) is 28.8. The maximum atomic E-state index is 14.0. The Morgan fingerprint density at radius 1 is 1.19 bits per heavy atom. The Balaban J connectivity index is 1.62. The van der Waals surface area contributed by atoms with Crippen LogP contribution in [0.25, 0.3) is 0 Å². The number of hydrogen-bond acceptors (Lipinski definition) is 6. The monoisotopic (exact) mass is 519 g/mol. The summed E-state index contributed by atoms with van der Waals surface area (Å²) in [4.78, 5) is 43.9. The molecule has 36 heavy (non-hydrogen) atoms. The second-order valence-corrected chi connectivity index (χ2v) is 13.2. The lowest BCUT2D eigenvalue weighted by Crippen LogP contribution is -2.47. The third-order valence-electron chi connectivity index (χ3n) is 7.96. The molecule has 200 valence electrons. The van der Waals surface area contributed by atoms with Crippen LogP contribution in [0.3, 0.4) is 0 Å². The Hall–Kier alpha value is -2.13. The van der Waals surface area contributed by atoms with Gasteiger partial charge in [-0.25, -0.2) is 9.59 Å². The number of rotatable bonds is 5. The van der Waals surface area contributed by atoms with Crippen molar-refractivity contribution in [2.24, 2.45) is 11.8 Å². The number of amides is 2. The fourth-order valence-electron chi connectivity index (χ4n) is 5.56. The van der Waals surface area contributed by atoms with Crippen molar-refractivity contribution in [1.29, 1.82) is 0 Å². The zero-order valence-corrected chi connectivity index (χ0v) is 23.1. The molecule has 1 aliphatic carbocycles. The van der Waals surface area contributed by atoms with Gasteiger partial charge in [0.2, 0.25) is 5.91 Å². The minimum absolute atomic E-state index is 0.00479. The lowest BCUT2D eigenvalue weighted by Gasteiger charge is -2.35. The summed E-state index contributed by atoms with van der Waals surface area (Å²) in [5.74, 6) is -0.537. The molecule has 0 spiro atoms. The SMILES string of the molecule is CC1(OC(=O)N2CC[C@H](N(c3cc(C(C)(C)C)sc3C(=O)O)C(=O)[C@H]3CC[C@H](C)CC3)C2)CCNC1. The van der Waals surface area contributed by atoms with Crippen molar-refractivity contribution in [1.82, 2.24) is 10.2 Å². The minimum atomic E-state index is -1.02. The number of ether oxygens (including phenoxy) is 1. The van der Waals surface area contributed by atoms with Gasteiger partial charge >= 0.3 is 12.1 Å². The van der Waals surface area contributed by atoms with Gasteiger partial charge in [-0.2, -0.15) is 0 Å². The molecule has 0 bridgehead atoms. The maximum absolute atomic E-state index is 14.0. The number of anilines is 1. The fraction of sp³-hybridized carbons (Fsp3) is 0.741. The highest BCUT2D eigenvalue weighted by Gasteiger charge is 2.42. The number of nitrogens with one attached hydrogen (secondary N) is 1. The second-order valence-electron chi connectivity index (χ2n) is 12.2. The molecule has 3 aliphatic rings. The maximum Gasteiger partial charge on any atom is 0.410 e. The number of carboxylic acids is 1. The molecular formula is C27H41N3O5S. The van der Waals surface area contributed by atoms with Crippen molar-refractivity contribution in [3.05, 3.63) is 15.8 Å². The number of carboxylic acid groups (broad SMARTS) is 1. The van der Waals surface area contributed by atoms with Crippen molar-refractivity contribution in [2.75, 3.05) is 31.1 Å². The highest BCUT2D eigenvalue weighted by atomic mass is 32.1. The Kier molecular flexibility index (Phi) is 7.72. The summed E-state index contributed by atoms with van der Waals surface area (Å²) in [5, 5.41) is 13.3. The quantitative estimate of drug-likeness (QED) is 0.576. The van der Waals surface area contributed by atoms with Gasteiger partial charge in [-0.1, -0.05) is 27.7 Å². The second kappa shape index (κ2) is 10.3. The van der Waals surface area contributed by atoms with Crippen molar-refractivity contribution < 1.29 is 24.2 Å². The Bertz CT molecular complexity index is 986. The molecule has 0 radical (unpaired) electrons. The number of likely N-dealkylation sites (tertiary alicyclic amines) is 1. The van der Waals surface area contributed by atoms with Gasteiger partial charge in [0.25, 0.3) is 0 Å². The Labute approximate surface area is 218 Å². The molecule has 2 amide bonds. The molecule has 1 aromatic heterocycles. The van der Waals surface area contributed by atoms with Crippen LogP contribution in [0.1, 0.15) is 87.7 Å². The third-order valence-corrected chi connectivity index (χ3v) is 9.50. The summed E-state index contributed by atoms with van der Waals surface area (Å²) in [6.45, 7) is 12.6. The summed E-state index contributed by atoms with van der Waals surface area (Å²) in [6, 6.07) is 1.61. The molecule has 1 aromatic rings. The van der Waals surface area contributed by atoms with Gasteiger partial charge in [0.05, 0.1) is 11.7 Å². The summed E-state index contributed by atoms with van der Waals surface area (Å²) in [5.41, 5.74) is -0.277. The first-order valence-electron chi connectivity index (χ1n) is 13.3. The van der Waals surface area contributed by atoms with E-state index >= 15 is 0 Å². The van der Waals surface area contributed by atoms with Crippen molar-refractivity contribution in [3.8, 4) is 0 Å². The number of hydrogen-bond donors (Lipinski definition) is 2. The number of carbonyl (C=O) groups is 3. The summed E-state index contributed by atoms with van der Waals surface area (Å²) in [7, 11) is 0. The van der Waals surface area contributed by atoms with Gasteiger partial charge in [-0.15, -0.1) is 11.3 Å². The molecule has 2 aliphatic heterocycles. The van der Waals surface area contributed by atoms with E-state index in [1.54, 1.807) is 9.80 Å². The zero-order chi connectivity index (χ0) is 26.3. The predicted molar refractivity (Wildman–Crippen MR) is 141 cm³/mol. The minimum Gasteiger partial charge on any atom is -0.477 e. The van der Waals surface area contributed by atoms with Crippen molar-refractivity contribution in [2.45, 2.75) is 90.2 Å². The lowest BCUT2D eigenvalue weighted by molar-refractivity contribution is -0.124. The topological polar surface area (TPSA) is 99.2 Å². The van der Waals surface area contributed by atoms with Crippen LogP contribution in [0.4, 0.5) is 10.5 Å². The molecule has 3 heterocycles. The van der Waals surface area contributed by atoms with Crippen LogP contribution in [0, 0.1) is 11.8 Å². The van der Waals surface area contributed by atoms with Crippen molar-refractivity contribution in [3.63, 3.8) is 0 Å². The molecule has 1 saturated carbocycles. The highest BCUT2D eigenvalue weighted by Crippen LogP contribution is 2.41. The van der Waals surface area contributed by atoms with E-state index in [0.717, 1.165) is 43.5 Å². The van der Waals surface area contributed by atoms with Gasteiger partial charge < -0.3 is 25.0 Å². The number of thiophene rings is 1. The fourth-order valence-corrected chi connectivity index (χ4v) is 6.60. The van der Waals surface area contributed by atoms with Crippen LogP contribution in [-0.4, -0.2) is 65.8 Å². The molecular weight excluding hydrogens is 478 g/mol. The van der Waals surface area contributed by atoms with Gasteiger partial charge in [-0.05, 0) is 63.0 Å². The highest BCUT2D eigenvalue weighted by molar-refractivity contribution is 7.14. The van der Waals surface area contributed by atoms with Gasteiger partial charge in [-0.3, -0.25) is 4.79 Å². The van der Waals surface area contributed by atoms with E-state index in [2.05, 4.69) is 33.0 Å². The van der Waals surface area contributed by atoms with Crippen LogP contribution in [0.15, 0.2) is 6.07 Å². The van der Waals surface area contributed by atoms with Crippen LogP contribution < -0.4 is 10.2 Å². The predicted octanol–water partition coefficient (Wildman–Crippen LogP) is 4.87. The van der Waals surface area contributed by atoms with E-state index in [1.165, 1.54) is 11.3 Å². The van der Waals surface area contributed by atoms with Gasteiger partial charge in [0.15, 0.2) is 0 Å². The van der Waals surface area contributed by atoms with E-state index in [1.807, 2.05) is 13.0 Å². The molecule has 2 saturated heterocycles. The molecule has 2 N–H and O–H groups in total. The number of aromatic carboxylic acids is 1. The van der Waals surface area contributed by atoms with Gasteiger partial charge in [0.1, 0.15) is 10.5 Å². The molecule has 0 aromatic carbocycles. The first-order chi connectivity index (χ1) is 16.9. The van der Waals surface area contributed by atoms with Crippen molar-refractivity contribution >= 4 is 35.0 Å². The first kappa shape index (κ1) is 26.9. The summed E-state index contributed by atoms with van der Waals surface area (Å²) < 4.78 is 5.84. The Morgan fingerprint density at radius 3 is 2.47 bits per heavy atom. The molecule has 4 rings (SSSR count). The average Bonchev–Trinajstić information content (AvgIpc) is 3.54. The Morgan fingerprint density at radius 2 is 1.89 bits per heavy atom. The van der Waals surface area contributed by atoms with Gasteiger partial charge in [0, 0.05) is 36.9 Å². The summed E-state index contributed by atoms with van der Waals surface area (Å²) >= 11 is 1.25. The van der Waals surface area contributed by atoms with E-state index < -0.39 is 11.6 Å². The zero-order valence-electron chi connectivity index (χ0n) is 22.3. The number of nitrogens with zero attached hydrogens (tertiary/aromatic N) is 2. The average molecular weight is 520 g/mol. The van der Waals surface area contributed by atoms with Crippen LogP contribution >= 0.6 is 11.3 Å². The van der Waals surface area contributed by atoms with E-state index in [4.69, 9.17) is 4.74 Å². The van der Waals surface area contributed by atoms with Crippen LogP contribution in [0.5, 0.6) is 0 Å². The van der Waals surface area contributed by atoms with Crippen LogP contribution in [-0.2, 0) is 14.9 Å². The molecule has 3 fully saturated rings. The summed E-state index contributed by atoms with van der Waals surface area (Å²) in [6.07, 6.45) is 4.65. The van der Waals surface area contributed by atoms with E-state index in [-0.39, 0.29) is 34.3 Å². The smallest absolute Gasteiger partial charge is 0.410 e. The van der Waals surface area contributed by atoms with E-state index in [9.17, 15) is 19.5 Å². The number of carbonyl (C=O) groups excluding carboxylic acids is 2.